The third kappa shape index (κ3) is 2.45. The fourth-order valence-electron chi connectivity index (χ4n) is 3.51. The smallest absolute Gasteiger partial charge is 0.0642 e. The van der Waals surface area contributed by atoms with Gasteiger partial charge in [0.25, 0.3) is 0 Å². The van der Waals surface area contributed by atoms with E-state index >= 15 is 0 Å². The van der Waals surface area contributed by atoms with Gasteiger partial charge in [0.05, 0.1) is 18.8 Å². The number of thiophene rings is 3. The first-order chi connectivity index (χ1) is 12.2. The number of benzene rings is 2. The van der Waals surface area contributed by atoms with Crippen LogP contribution in [0, 0.1) is 6.92 Å². The van der Waals surface area contributed by atoms with Crippen molar-refractivity contribution in [3.8, 4) is 0 Å². The molecule has 0 aliphatic carbocycles. The Morgan fingerprint density at radius 3 is 2.24 bits per heavy atom. The summed E-state index contributed by atoms with van der Waals surface area (Å²) in [6.07, 6.45) is 5.44. The molecule has 5 rings (SSSR count). The summed E-state index contributed by atoms with van der Waals surface area (Å²) in [6, 6.07) is 13.9. The third-order valence-electron chi connectivity index (χ3n) is 4.79. The van der Waals surface area contributed by atoms with Gasteiger partial charge in [-0.2, -0.15) is 0 Å². The minimum absolute atomic E-state index is 1.10. The van der Waals surface area contributed by atoms with Crippen LogP contribution in [0.5, 0.6) is 0 Å². The highest BCUT2D eigenvalue weighted by Crippen LogP contribution is 2.50. The van der Waals surface area contributed by atoms with Crippen molar-refractivity contribution < 1.29 is 0 Å². The van der Waals surface area contributed by atoms with E-state index in [4.69, 9.17) is 0 Å². The SMILES string of the molecule is C=CCCCc1ccc2c(c1)sc1c2sc2c3ccc(C)cc3sc21. The van der Waals surface area contributed by atoms with Crippen LogP contribution in [0.25, 0.3) is 39.0 Å². The maximum Gasteiger partial charge on any atom is 0.0642 e. The van der Waals surface area contributed by atoms with Gasteiger partial charge in [0.15, 0.2) is 0 Å². The molecule has 0 atom stereocenters. The fourth-order valence-corrected chi connectivity index (χ4v) is 7.94. The lowest BCUT2D eigenvalue weighted by Crippen LogP contribution is -1.83. The first kappa shape index (κ1) is 15.6. The van der Waals surface area contributed by atoms with Crippen LogP contribution in [0.2, 0.25) is 0 Å². The monoisotopic (exact) mass is 378 g/mol. The molecular weight excluding hydrogens is 360 g/mol. The molecule has 124 valence electrons. The van der Waals surface area contributed by atoms with Crippen molar-refractivity contribution >= 4 is 73.0 Å². The van der Waals surface area contributed by atoms with Crippen molar-refractivity contribution in [3.63, 3.8) is 0 Å². The second-order valence-electron chi connectivity index (χ2n) is 6.63. The molecule has 0 fully saturated rings. The van der Waals surface area contributed by atoms with Gasteiger partial charge in [-0.1, -0.05) is 30.3 Å². The van der Waals surface area contributed by atoms with Gasteiger partial charge < -0.3 is 0 Å². The van der Waals surface area contributed by atoms with Crippen LogP contribution in [0.1, 0.15) is 24.0 Å². The lowest BCUT2D eigenvalue weighted by atomic mass is 10.1. The quantitative estimate of drug-likeness (QED) is 0.218. The van der Waals surface area contributed by atoms with Crippen molar-refractivity contribution in [3.05, 3.63) is 60.2 Å². The number of rotatable bonds is 4. The van der Waals surface area contributed by atoms with Crippen LogP contribution in [-0.2, 0) is 6.42 Å². The molecule has 5 aromatic rings. The van der Waals surface area contributed by atoms with E-state index in [1.807, 2.05) is 40.1 Å². The zero-order valence-corrected chi connectivity index (χ0v) is 16.5. The number of unbranched alkanes of at least 4 members (excludes halogenated alkanes) is 1. The number of hydrogen-bond donors (Lipinski definition) is 0. The first-order valence-electron chi connectivity index (χ1n) is 8.62. The van der Waals surface area contributed by atoms with E-state index in [1.165, 1.54) is 56.5 Å². The average Bonchev–Trinajstić information content (AvgIpc) is 3.23. The standard InChI is InChI=1S/C22H18S3/c1-3-4-5-6-14-8-10-16-18(12-14)24-22-20(16)25-19-15-9-7-13(2)11-17(15)23-21(19)22/h3,7-12H,1,4-6H2,2H3. The molecule has 0 spiro atoms. The second-order valence-corrected chi connectivity index (χ2v) is 9.76. The molecule has 2 aromatic carbocycles. The Kier molecular flexibility index (Phi) is 3.70. The van der Waals surface area contributed by atoms with Crippen LogP contribution in [0.4, 0.5) is 0 Å². The summed E-state index contributed by atoms with van der Waals surface area (Å²) in [5.74, 6) is 0. The molecule has 3 aromatic heterocycles. The molecule has 3 heterocycles. The Morgan fingerprint density at radius 1 is 0.840 bits per heavy atom. The predicted molar refractivity (Wildman–Crippen MR) is 118 cm³/mol. The van der Waals surface area contributed by atoms with Gasteiger partial charge in [-0.3, -0.25) is 0 Å². The highest BCUT2D eigenvalue weighted by Gasteiger charge is 2.16. The topological polar surface area (TPSA) is 0 Å². The molecule has 0 nitrogen and oxygen atoms in total. The second kappa shape index (κ2) is 5.94. The minimum atomic E-state index is 1.10. The molecule has 0 radical (unpaired) electrons. The summed E-state index contributed by atoms with van der Waals surface area (Å²) in [7, 11) is 0. The van der Waals surface area contributed by atoms with Gasteiger partial charge in [-0.05, 0) is 49.4 Å². The number of aryl methyl sites for hydroxylation is 2. The molecule has 0 unspecified atom stereocenters. The Labute approximate surface area is 159 Å². The van der Waals surface area contributed by atoms with Gasteiger partial charge in [0.2, 0.25) is 0 Å². The Bertz CT molecular complexity index is 1250. The van der Waals surface area contributed by atoms with Crippen LogP contribution in [0.3, 0.4) is 0 Å². The minimum Gasteiger partial charge on any atom is -0.133 e. The molecule has 0 bridgehead atoms. The number of fused-ring (bicyclic) bond motifs is 7. The molecular formula is C22H18S3. The largest absolute Gasteiger partial charge is 0.133 e. The van der Waals surface area contributed by atoms with Crippen LogP contribution in [0.15, 0.2) is 49.1 Å². The predicted octanol–water partition coefficient (Wildman–Crippen LogP) is 8.30. The van der Waals surface area contributed by atoms with Crippen molar-refractivity contribution in [1.82, 2.24) is 0 Å². The summed E-state index contributed by atoms with van der Waals surface area (Å²) < 4.78 is 8.77. The molecule has 0 saturated carbocycles. The summed E-state index contributed by atoms with van der Waals surface area (Å²) in [4.78, 5) is 0. The fraction of sp³-hybridized carbons (Fsp3) is 0.182. The van der Waals surface area contributed by atoms with Crippen LogP contribution >= 0.6 is 34.0 Å². The molecule has 0 amide bonds. The van der Waals surface area contributed by atoms with E-state index in [0.29, 0.717) is 0 Å². The maximum absolute atomic E-state index is 3.82. The van der Waals surface area contributed by atoms with Gasteiger partial charge in [0.1, 0.15) is 0 Å². The summed E-state index contributed by atoms with van der Waals surface area (Å²) in [5, 5.41) is 2.86. The van der Waals surface area contributed by atoms with E-state index in [0.717, 1.165) is 12.8 Å². The van der Waals surface area contributed by atoms with Gasteiger partial charge in [0, 0.05) is 20.2 Å². The average molecular weight is 379 g/mol. The van der Waals surface area contributed by atoms with E-state index in [1.54, 1.807) is 0 Å². The highest BCUT2D eigenvalue weighted by atomic mass is 32.1. The van der Waals surface area contributed by atoms with Crippen LogP contribution < -0.4 is 0 Å². The summed E-state index contributed by atoms with van der Waals surface area (Å²) >= 11 is 5.90. The molecule has 0 aliphatic rings. The van der Waals surface area contributed by atoms with Gasteiger partial charge in [-0.15, -0.1) is 40.6 Å². The maximum atomic E-state index is 3.82. The Morgan fingerprint density at radius 2 is 1.52 bits per heavy atom. The molecule has 0 saturated heterocycles. The first-order valence-corrected chi connectivity index (χ1v) is 11.1. The van der Waals surface area contributed by atoms with Crippen molar-refractivity contribution in [2.45, 2.75) is 26.2 Å². The zero-order chi connectivity index (χ0) is 17.0. The Balaban J connectivity index is 1.70. The van der Waals surface area contributed by atoms with E-state index in [9.17, 15) is 0 Å². The lowest BCUT2D eigenvalue weighted by Gasteiger charge is -1.99. The number of hydrogen-bond acceptors (Lipinski definition) is 3. The van der Waals surface area contributed by atoms with E-state index in [2.05, 4.69) is 49.9 Å². The summed E-state index contributed by atoms with van der Waals surface area (Å²) in [5.41, 5.74) is 2.80. The van der Waals surface area contributed by atoms with E-state index < -0.39 is 0 Å². The van der Waals surface area contributed by atoms with Crippen molar-refractivity contribution in [1.29, 1.82) is 0 Å². The molecule has 0 N–H and O–H groups in total. The van der Waals surface area contributed by atoms with Crippen molar-refractivity contribution in [2.75, 3.05) is 0 Å². The zero-order valence-electron chi connectivity index (χ0n) is 14.1. The lowest BCUT2D eigenvalue weighted by molar-refractivity contribution is 0.845. The van der Waals surface area contributed by atoms with E-state index in [-0.39, 0.29) is 0 Å². The van der Waals surface area contributed by atoms with Gasteiger partial charge in [-0.25, -0.2) is 0 Å². The molecule has 25 heavy (non-hydrogen) atoms. The Hall–Kier alpha value is -1.68. The van der Waals surface area contributed by atoms with Crippen molar-refractivity contribution in [2.24, 2.45) is 0 Å². The molecule has 0 aliphatic heterocycles. The number of allylic oxidation sites excluding steroid dienone is 1. The normalized spacial score (nSPS) is 12.0. The summed E-state index contributed by atoms with van der Waals surface area (Å²) in [6.45, 7) is 6.00. The third-order valence-corrected chi connectivity index (χ3v) is 8.78. The van der Waals surface area contributed by atoms with Gasteiger partial charge >= 0.3 is 0 Å². The highest BCUT2D eigenvalue weighted by molar-refractivity contribution is 7.43. The van der Waals surface area contributed by atoms with Crippen LogP contribution in [-0.4, -0.2) is 0 Å². The molecule has 3 heteroatoms.